The lowest BCUT2D eigenvalue weighted by molar-refractivity contribution is 0.492. The van der Waals surface area contributed by atoms with Crippen LogP contribution < -0.4 is 11.3 Å². The molecule has 3 N–H and O–H groups in total. The highest BCUT2D eigenvalue weighted by molar-refractivity contribution is 9.10. The molecule has 0 aliphatic carbocycles. The Morgan fingerprint density at radius 2 is 2.26 bits per heavy atom. The summed E-state index contributed by atoms with van der Waals surface area (Å²) in [5.41, 5.74) is 5.19. The Hall–Kier alpha value is -0.690. The third-order valence-corrected chi connectivity index (χ3v) is 4.83. The average Bonchev–Trinajstić information content (AvgIpc) is 3.01. The lowest BCUT2D eigenvalue weighted by Crippen LogP contribution is -2.31. The molecule has 1 unspecified atom stereocenters. The Morgan fingerprint density at radius 1 is 1.47 bits per heavy atom. The molecule has 2 aromatic heterocycles. The van der Waals surface area contributed by atoms with E-state index in [-0.39, 0.29) is 6.04 Å². The Morgan fingerprint density at radius 3 is 2.79 bits per heavy atom. The number of aromatic nitrogens is 2. The quantitative estimate of drug-likeness (QED) is 0.626. The molecule has 2 aromatic rings. The first-order valence-electron chi connectivity index (χ1n) is 6.43. The second-order valence-electron chi connectivity index (χ2n) is 4.38. The van der Waals surface area contributed by atoms with Crippen LogP contribution in [0.5, 0.6) is 0 Å². The molecular formula is C13H19BrN4S. The van der Waals surface area contributed by atoms with Crippen molar-refractivity contribution in [3.05, 3.63) is 38.3 Å². The first-order valence-corrected chi connectivity index (χ1v) is 8.10. The molecule has 2 rings (SSSR count). The van der Waals surface area contributed by atoms with E-state index in [1.165, 1.54) is 4.88 Å². The molecule has 0 saturated carbocycles. The Labute approximate surface area is 126 Å². The van der Waals surface area contributed by atoms with Crippen molar-refractivity contribution in [1.29, 1.82) is 0 Å². The number of nitrogens with zero attached hydrogens (tertiary/aromatic N) is 2. The van der Waals surface area contributed by atoms with Gasteiger partial charge in [0.2, 0.25) is 0 Å². The van der Waals surface area contributed by atoms with E-state index in [1.807, 2.05) is 4.68 Å². The van der Waals surface area contributed by atoms with Crippen LogP contribution in [-0.4, -0.2) is 9.78 Å². The number of rotatable bonds is 6. The maximum absolute atomic E-state index is 5.74. The van der Waals surface area contributed by atoms with Crippen LogP contribution in [0.1, 0.15) is 36.2 Å². The van der Waals surface area contributed by atoms with Crippen LogP contribution in [0.15, 0.2) is 22.0 Å². The lowest BCUT2D eigenvalue weighted by Gasteiger charge is -2.16. The van der Waals surface area contributed by atoms with Crippen molar-refractivity contribution >= 4 is 27.3 Å². The molecule has 0 aromatic carbocycles. The van der Waals surface area contributed by atoms with E-state index < -0.39 is 0 Å². The third kappa shape index (κ3) is 3.45. The highest BCUT2D eigenvalue weighted by atomic mass is 79.9. The number of halogens is 1. The zero-order valence-electron chi connectivity index (χ0n) is 11.2. The van der Waals surface area contributed by atoms with Gasteiger partial charge in [0.05, 0.1) is 17.4 Å². The lowest BCUT2D eigenvalue weighted by atomic mass is 10.1. The summed E-state index contributed by atoms with van der Waals surface area (Å²) in [4.78, 5) is 1.30. The Kier molecular flexibility index (Phi) is 5.15. The van der Waals surface area contributed by atoms with Crippen LogP contribution in [0.2, 0.25) is 0 Å². The van der Waals surface area contributed by atoms with Gasteiger partial charge >= 0.3 is 0 Å². The first-order chi connectivity index (χ1) is 9.17. The Balaban J connectivity index is 2.23. The number of nitrogens with one attached hydrogen (secondary N) is 1. The van der Waals surface area contributed by atoms with Gasteiger partial charge in [0.1, 0.15) is 0 Å². The van der Waals surface area contributed by atoms with E-state index in [2.05, 4.69) is 57.8 Å². The second kappa shape index (κ2) is 6.65. The van der Waals surface area contributed by atoms with Crippen LogP contribution in [-0.2, 0) is 19.4 Å². The molecule has 6 heteroatoms. The largest absolute Gasteiger partial charge is 0.271 e. The van der Waals surface area contributed by atoms with Gasteiger partial charge in [-0.1, -0.05) is 6.92 Å². The molecule has 1 atom stereocenters. The highest BCUT2D eigenvalue weighted by Gasteiger charge is 2.17. The summed E-state index contributed by atoms with van der Waals surface area (Å²) in [5.74, 6) is 5.74. The van der Waals surface area contributed by atoms with Gasteiger partial charge in [0.25, 0.3) is 0 Å². The zero-order valence-corrected chi connectivity index (χ0v) is 13.6. The summed E-state index contributed by atoms with van der Waals surface area (Å²) < 4.78 is 3.16. The molecule has 0 fully saturated rings. The van der Waals surface area contributed by atoms with Gasteiger partial charge in [0, 0.05) is 27.7 Å². The number of nitrogens with two attached hydrogens (primary N) is 1. The molecule has 0 aliphatic rings. The molecule has 0 amide bonds. The molecule has 19 heavy (non-hydrogen) atoms. The number of hydrogen-bond donors (Lipinski definition) is 2. The predicted molar refractivity (Wildman–Crippen MR) is 83.1 cm³/mol. The van der Waals surface area contributed by atoms with E-state index in [0.717, 1.165) is 35.2 Å². The molecule has 2 heterocycles. The minimum absolute atomic E-state index is 0.0956. The smallest absolute Gasteiger partial charge is 0.0677 e. The van der Waals surface area contributed by atoms with Crippen molar-refractivity contribution in [3.8, 4) is 0 Å². The molecule has 0 saturated heterocycles. The normalized spacial score (nSPS) is 12.8. The fourth-order valence-electron chi connectivity index (χ4n) is 2.10. The maximum Gasteiger partial charge on any atom is 0.0677 e. The molecule has 0 bridgehead atoms. The van der Waals surface area contributed by atoms with Crippen molar-refractivity contribution < 1.29 is 0 Å². The van der Waals surface area contributed by atoms with E-state index in [1.54, 1.807) is 11.3 Å². The monoisotopic (exact) mass is 342 g/mol. The zero-order chi connectivity index (χ0) is 13.8. The topological polar surface area (TPSA) is 55.9 Å². The van der Waals surface area contributed by atoms with Crippen LogP contribution >= 0.6 is 27.3 Å². The van der Waals surface area contributed by atoms with Gasteiger partial charge in [-0.3, -0.25) is 16.0 Å². The maximum atomic E-state index is 5.74. The molecule has 4 nitrogen and oxygen atoms in total. The van der Waals surface area contributed by atoms with E-state index in [4.69, 9.17) is 5.84 Å². The molecular weight excluding hydrogens is 324 g/mol. The Bertz CT molecular complexity index is 534. The van der Waals surface area contributed by atoms with E-state index in [9.17, 15) is 0 Å². The van der Waals surface area contributed by atoms with E-state index in [0.29, 0.717) is 0 Å². The van der Waals surface area contributed by atoms with Crippen molar-refractivity contribution in [2.45, 2.75) is 39.3 Å². The van der Waals surface area contributed by atoms with Gasteiger partial charge in [-0.25, -0.2) is 0 Å². The third-order valence-electron chi connectivity index (χ3n) is 3.11. The van der Waals surface area contributed by atoms with Crippen molar-refractivity contribution in [2.24, 2.45) is 5.84 Å². The minimum atomic E-state index is 0.0956. The van der Waals surface area contributed by atoms with Crippen LogP contribution in [0.4, 0.5) is 0 Å². The molecule has 0 aliphatic heterocycles. The summed E-state index contributed by atoms with van der Waals surface area (Å²) in [6.45, 7) is 5.08. The summed E-state index contributed by atoms with van der Waals surface area (Å²) in [5, 5.41) is 6.67. The molecule has 0 spiro atoms. The van der Waals surface area contributed by atoms with Gasteiger partial charge in [-0.15, -0.1) is 11.3 Å². The van der Waals surface area contributed by atoms with Gasteiger partial charge in [-0.05, 0) is 41.4 Å². The van der Waals surface area contributed by atoms with Crippen LogP contribution in [0.3, 0.4) is 0 Å². The number of aryl methyl sites for hydroxylation is 2. The first kappa shape index (κ1) is 14.7. The van der Waals surface area contributed by atoms with E-state index >= 15 is 0 Å². The number of hydrogen-bond acceptors (Lipinski definition) is 4. The van der Waals surface area contributed by atoms with Crippen molar-refractivity contribution in [3.63, 3.8) is 0 Å². The van der Waals surface area contributed by atoms with Gasteiger partial charge < -0.3 is 0 Å². The van der Waals surface area contributed by atoms with Gasteiger partial charge in [0.15, 0.2) is 0 Å². The molecule has 0 radical (unpaired) electrons. The number of thiophene rings is 1. The summed E-state index contributed by atoms with van der Waals surface area (Å²) in [7, 11) is 0. The fourth-order valence-corrected chi connectivity index (χ4v) is 3.60. The second-order valence-corrected chi connectivity index (χ2v) is 6.30. The standard InChI is InChI=1S/C13H19BrN4S/c1-3-10-6-13(18(4-2)17-10)12(16-15)7-11-5-9(14)8-19-11/h5-6,8,12,16H,3-4,7,15H2,1-2H3. The predicted octanol–water partition coefficient (Wildman–Crippen LogP) is 3.04. The molecule has 104 valence electrons. The SMILES string of the molecule is CCc1cc(C(Cc2cc(Br)cs2)NN)n(CC)n1. The summed E-state index contributed by atoms with van der Waals surface area (Å²) in [6.07, 6.45) is 1.82. The van der Waals surface area contributed by atoms with Crippen molar-refractivity contribution in [2.75, 3.05) is 0 Å². The van der Waals surface area contributed by atoms with Crippen LogP contribution in [0, 0.1) is 0 Å². The van der Waals surface area contributed by atoms with Crippen molar-refractivity contribution in [1.82, 2.24) is 15.2 Å². The minimum Gasteiger partial charge on any atom is -0.271 e. The summed E-state index contributed by atoms with van der Waals surface area (Å²) in [6, 6.07) is 4.39. The fraction of sp³-hybridized carbons (Fsp3) is 0.462. The average molecular weight is 343 g/mol. The highest BCUT2D eigenvalue weighted by Crippen LogP contribution is 2.25. The summed E-state index contributed by atoms with van der Waals surface area (Å²) >= 11 is 5.23. The van der Waals surface area contributed by atoms with Gasteiger partial charge in [-0.2, -0.15) is 5.10 Å². The number of hydrazine groups is 1. The van der Waals surface area contributed by atoms with Crippen LogP contribution in [0.25, 0.3) is 0 Å².